The summed E-state index contributed by atoms with van der Waals surface area (Å²) >= 11 is 0. The van der Waals surface area contributed by atoms with Crippen LogP contribution in [0.1, 0.15) is 40.0 Å². The lowest BCUT2D eigenvalue weighted by Crippen LogP contribution is -2.29. The van der Waals surface area contributed by atoms with Crippen LogP contribution in [0.5, 0.6) is 0 Å². The van der Waals surface area contributed by atoms with Gasteiger partial charge in [-0.2, -0.15) is 0 Å². The second kappa shape index (κ2) is 2.22. The van der Waals surface area contributed by atoms with Gasteiger partial charge in [-0.05, 0) is 24.2 Å². The summed E-state index contributed by atoms with van der Waals surface area (Å²) in [5.41, 5.74) is 0.458. The van der Waals surface area contributed by atoms with E-state index in [1.54, 1.807) is 0 Å². The monoisotopic (exact) mass is 154 g/mol. The fourth-order valence-electron chi connectivity index (χ4n) is 2.37. The zero-order valence-electron chi connectivity index (χ0n) is 7.76. The topological polar surface area (TPSA) is 12.5 Å². The maximum atomic E-state index is 5.62. The zero-order chi connectivity index (χ0) is 8.06. The first-order valence-corrected chi connectivity index (χ1v) is 4.74. The normalized spacial score (nSPS) is 43.4. The highest BCUT2D eigenvalue weighted by Crippen LogP contribution is 2.48. The SMILES string of the molecule is CC(C)(C)[C@@H]1CCC[C@H]2O[C@@H]12. The van der Waals surface area contributed by atoms with Crippen LogP contribution in [-0.4, -0.2) is 12.2 Å². The van der Waals surface area contributed by atoms with Gasteiger partial charge in [0.1, 0.15) is 0 Å². The van der Waals surface area contributed by atoms with E-state index >= 15 is 0 Å². The van der Waals surface area contributed by atoms with Gasteiger partial charge < -0.3 is 4.74 Å². The summed E-state index contributed by atoms with van der Waals surface area (Å²) in [6, 6.07) is 0. The van der Waals surface area contributed by atoms with Crippen LogP contribution in [0.15, 0.2) is 0 Å². The molecule has 1 saturated carbocycles. The van der Waals surface area contributed by atoms with Crippen LogP contribution in [-0.2, 0) is 4.74 Å². The Labute approximate surface area is 69.1 Å². The first-order chi connectivity index (χ1) is 5.09. The molecule has 0 aromatic heterocycles. The number of ether oxygens (including phenoxy) is 1. The third-order valence-electron chi connectivity index (χ3n) is 3.13. The Morgan fingerprint density at radius 1 is 1.18 bits per heavy atom. The highest BCUT2D eigenvalue weighted by molar-refractivity contribution is 4.98. The molecular weight excluding hydrogens is 136 g/mol. The smallest absolute Gasteiger partial charge is 0.0874 e. The molecule has 64 valence electrons. The van der Waals surface area contributed by atoms with Gasteiger partial charge in [0.25, 0.3) is 0 Å². The minimum atomic E-state index is 0.458. The quantitative estimate of drug-likeness (QED) is 0.489. The average Bonchev–Trinajstić information content (AvgIpc) is 2.60. The predicted octanol–water partition coefficient (Wildman–Crippen LogP) is 2.60. The Hall–Kier alpha value is -0.0400. The lowest BCUT2D eigenvalue weighted by Gasteiger charge is -2.31. The molecule has 0 bridgehead atoms. The molecule has 0 amide bonds. The van der Waals surface area contributed by atoms with Crippen molar-refractivity contribution in [2.24, 2.45) is 11.3 Å². The highest BCUT2D eigenvalue weighted by atomic mass is 16.6. The largest absolute Gasteiger partial charge is 0.369 e. The molecule has 0 radical (unpaired) electrons. The number of hydrogen-bond donors (Lipinski definition) is 0. The van der Waals surface area contributed by atoms with E-state index in [0.717, 1.165) is 5.92 Å². The van der Waals surface area contributed by atoms with Gasteiger partial charge in [-0.1, -0.05) is 27.2 Å². The standard InChI is InChI=1S/C10H18O/c1-10(2,3)7-5-4-6-8-9(7)11-8/h7-9H,4-6H2,1-3H3/t7-,8-,9+/m1/s1. The van der Waals surface area contributed by atoms with Crippen molar-refractivity contribution < 1.29 is 4.74 Å². The molecular formula is C10H18O. The Kier molecular flexibility index (Phi) is 1.54. The molecule has 1 saturated heterocycles. The third kappa shape index (κ3) is 1.31. The van der Waals surface area contributed by atoms with E-state index < -0.39 is 0 Å². The van der Waals surface area contributed by atoms with Crippen molar-refractivity contribution >= 4 is 0 Å². The molecule has 0 N–H and O–H groups in total. The van der Waals surface area contributed by atoms with Gasteiger partial charge in [0.05, 0.1) is 12.2 Å². The number of rotatable bonds is 0. The Morgan fingerprint density at radius 3 is 2.45 bits per heavy atom. The van der Waals surface area contributed by atoms with Crippen molar-refractivity contribution in [1.29, 1.82) is 0 Å². The van der Waals surface area contributed by atoms with Gasteiger partial charge in [-0.25, -0.2) is 0 Å². The van der Waals surface area contributed by atoms with Crippen molar-refractivity contribution in [3.8, 4) is 0 Å². The van der Waals surface area contributed by atoms with Crippen LogP contribution in [0.4, 0.5) is 0 Å². The molecule has 1 heterocycles. The number of fused-ring (bicyclic) bond motifs is 1. The van der Waals surface area contributed by atoms with Crippen molar-refractivity contribution in [1.82, 2.24) is 0 Å². The van der Waals surface area contributed by atoms with Crippen LogP contribution >= 0.6 is 0 Å². The molecule has 2 rings (SSSR count). The molecule has 1 aliphatic carbocycles. The van der Waals surface area contributed by atoms with Crippen LogP contribution in [0.2, 0.25) is 0 Å². The summed E-state index contributed by atoms with van der Waals surface area (Å²) in [6.07, 6.45) is 5.35. The first-order valence-electron chi connectivity index (χ1n) is 4.74. The molecule has 0 spiro atoms. The Morgan fingerprint density at radius 2 is 1.91 bits per heavy atom. The molecule has 0 aromatic carbocycles. The van der Waals surface area contributed by atoms with E-state index in [4.69, 9.17) is 4.74 Å². The maximum Gasteiger partial charge on any atom is 0.0874 e. The highest BCUT2D eigenvalue weighted by Gasteiger charge is 2.50. The molecule has 11 heavy (non-hydrogen) atoms. The van der Waals surface area contributed by atoms with E-state index in [2.05, 4.69) is 20.8 Å². The minimum Gasteiger partial charge on any atom is -0.369 e. The minimum absolute atomic E-state index is 0.458. The van der Waals surface area contributed by atoms with E-state index in [9.17, 15) is 0 Å². The van der Waals surface area contributed by atoms with E-state index in [0.29, 0.717) is 17.6 Å². The maximum absolute atomic E-state index is 5.62. The fourth-order valence-corrected chi connectivity index (χ4v) is 2.37. The molecule has 1 nitrogen and oxygen atoms in total. The van der Waals surface area contributed by atoms with E-state index in [1.165, 1.54) is 19.3 Å². The summed E-state index contributed by atoms with van der Waals surface area (Å²) < 4.78 is 5.62. The molecule has 0 unspecified atom stereocenters. The second-order valence-corrected chi connectivity index (χ2v) is 5.04. The van der Waals surface area contributed by atoms with E-state index in [1.807, 2.05) is 0 Å². The molecule has 3 atom stereocenters. The Bertz CT molecular complexity index is 157. The van der Waals surface area contributed by atoms with Crippen molar-refractivity contribution in [3.05, 3.63) is 0 Å². The summed E-state index contributed by atoms with van der Waals surface area (Å²) in [5, 5.41) is 0. The lowest BCUT2D eigenvalue weighted by atomic mass is 9.72. The number of hydrogen-bond acceptors (Lipinski definition) is 1. The molecule has 2 fully saturated rings. The van der Waals surface area contributed by atoms with Gasteiger partial charge in [0.15, 0.2) is 0 Å². The average molecular weight is 154 g/mol. The summed E-state index contributed by atoms with van der Waals surface area (Å²) in [5.74, 6) is 0.821. The van der Waals surface area contributed by atoms with Crippen LogP contribution in [0.3, 0.4) is 0 Å². The second-order valence-electron chi connectivity index (χ2n) is 5.04. The molecule has 0 aromatic rings. The molecule has 2 aliphatic rings. The molecule has 1 aliphatic heterocycles. The van der Waals surface area contributed by atoms with Crippen molar-refractivity contribution in [2.75, 3.05) is 0 Å². The van der Waals surface area contributed by atoms with Gasteiger partial charge >= 0.3 is 0 Å². The molecule has 1 heteroatoms. The van der Waals surface area contributed by atoms with Crippen LogP contribution < -0.4 is 0 Å². The Balaban J connectivity index is 2.03. The summed E-state index contributed by atoms with van der Waals surface area (Å²) in [7, 11) is 0. The van der Waals surface area contributed by atoms with E-state index in [-0.39, 0.29) is 0 Å². The van der Waals surface area contributed by atoms with Crippen LogP contribution in [0.25, 0.3) is 0 Å². The van der Waals surface area contributed by atoms with Crippen LogP contribution in [0, 0.1) is 11.3 Å². The first kappa shape index (κ1) is 7.60. The van der Waals surface area contributed by atoms with Gasteiger partial charge in [-0.15, -0.1) is 0 Å². The predicted molar refractivity (Wildman–Crippen MR) is 45.5 cm³/mol. The lowest BCUT2D eigenvalue weighted by molar-refractivity contribution is 0.172. The summed E-state index contributed by atoms with van der Waals surface area (Å²) in [4.78, 5) is 0. The fraction of sp³-hybridized carbons (Fsp3) is 1.00. The van der Waals surface area contributed by atoms with Gasteiger partial charge in [0.2, 0.25) is 0 Å². The van der Waals surface area contributed by atoms with Crippen molar-refractivity contribution in [2.45, 2.75) is 52.2 Å². The zero-order valence-corrected chi connectivity index (χ0v) is 7.76. The summed E-state index contributed by atoms with van der Waals surface area (Å²) in [6.45, 7) is 7.01. The third-order valence-corrected chi connectivity index (χ3v) is 3.13. The van der Waals surface area contributed by atoms with Gasteiger partial charge in [-0.3, -0.25) is 0 Å². The van der Waals surface area contributed by atoms with Crippen molar-refractivity contribution in [3.63, 3.8) is 0 Å². The number of epoxide rings is 1. The van der Waals surface area contributed by atoms with Gasteiger partial charge in [0, 0.05) is 0 Å².